The highest BCUT2D eigenvalue weighted by Gasteiger charge is 1.98. The molecule has 0 aliphatic heterocycles. The summed E-state index contributed by atoms with van der Waals surface area (Å²) < 4.78 is 1.17. The van der Waals surface area contributed by atoms with Gasteiger partial charge >= 0.3 is 0 Å². The van der Waals surface area contributed by atoms with Crippen molar-refractivity contribution in [2.75, 3.05) is 5.32 Å². The minimum Gasteiger partial charge on any atom is -0.380 e. The van der Waals surface area contributed by atoms with Gasteiger partial charge in [-0.2, -0.15) is 0 Å². The second-order valence-electron chi connectivity index (χ2n) is 3.39. The lowest BCUT2D eigenvalue weighted by molar-refractivity contribution is 1.19. The molecule has 84 valence electrons. The largest absolute Gasteiger partial charge is 0.380 e. The summed E-state index contributed by atoms with van der Waals surface area (Å²) in [6, 6.07) is 12.4. The third kappa shape index (κ3) is 3.24. The van der Waals surface area contributed by atoms with Crippen LogP contribution in [0.25, 0.3) is 0 Å². The average Bonchev–Trinajstić information content (AvgIpc) is 2.73. The molecule has 0 atom stereocenters. The maximum atomic E-state index is 5.79. The van der Waals surface area contributed by atoms with Gasteiger partial charge in [-0.1, -0.05) is 12.1 Å². The fraction of sp³-hybridized carbons (Fsp3) is 0.167. The molecule has 0 bridgehead atoms. The molecule has 4 heteroatoms. The first-order chi connectivity index (χ1) is 7.78. The first-order valence-electron chi connectivity index (χ1n) is 4.91. The summed E-state index contributed by atoms with van der Waals surface area (Å²) in [5, 5.41) is 3.38. The van der Waals surface area contributed by atoms with Crippen LogP contribution in [0.1, 0.15) is 10.4 Å². The Morgan fingerprint density at radius 2 is 2.12 bits per heavy atom. The zero-order valence-electron chi connectivity index (χ0n) is 8.54. The van der Waals surface area contributed by atoms with Crippen LogP contribution in [-0.2, 0) is 12.4 Å². The summed E-state index contributed by atoms with van der Waals surface area (Å²) in [6.45, 7) is 0.849. The lowest BCUT2D eigenvalue weighted by Gasteiger charge is -2.05. The maximum absolute atomic E-state index is 5.79. The molecule has 0 saturated heterocycles. The van der Waals surface area contributed by atoms with Crippen molar-refractivity contribution in [3.8, 4) is 0 Å². The monoisotopic (exact) mass is 315 g/mol. The number of anilines is 1. The summed E-state index contributed by atoms with van der Waals surface area (Å²) in [7, 11) is 0. The number of benzene rings is 1. The van der Waals surface area contributed by atoms with E-state index in [1.54, 1.807) is 11.3 Å². The number of nitrogens with one attached hydrogen (secondary N) is 1. The zero-order valence-corrected chi connectivity index (χ0v) is 11.7. The predicted molar refractivity (Wildman–Crippen MR) is 75.3 cm³/mol. The minimum absolute atomic E-state index is 0.556. The molecule has 0 saturated carbocycles. The highest BCUT2D eigenvalue weighted by molar-refractivity contribution is 9.11. The van der Waals surface area contributed by atoms with E-state index in [-0.39, 0.29) is 0 Å². The Kier molecular flexibility index (Phi) is 4.27. The minimum atomic E-state index is 0.556. The summed E-state index contributed by atoms with van der Waals surface area (Å²) in [5.74, 6) is 0.556. The lowest BCUT2D eigenvalue weighted by atomic mass is 10.2. The molecule has 0 radical (unpaired) electrons. The Morgan fingerprint density at radius 1 is 1.25 bits per heavy atom. The molecule has 1 aromatic heterocycles. The summed E-state index contributed by atoms with van der Waals surface area (Å²) in [5.41, 5.74) is 2.25. The van der Waals surface area contributed by atoms with Crippen LogP contribution in [0.3, 0.4) is 0 Å². The van der Waals surface area contributed by atoms with Crippen LogP contribution in [0.4, 0.5) is 5.69 Å². The molecule has 2 rings (SSSR count). The van der Waals surface area contributed by atoms with E-state index in [1.807, 2.05) is 12.1 Å². The van der Waals surface area contributed by atoms with Crippen LogP contribution in [0.5, 0.6) is 0 Å². The van der Waals surface area contributed by atoms with E-state index in [9.17, 15) is 0 Å². The third-order valence-electron chi connectivity index (χ3n) is 2.18. The fourth-order valence-corrected chi connectivity index (χ4v) is 2.99. The van der Waals surface area contributed by atoms with Gasteiger partial charge in [-0.3, -0.25) is 0 Å². The quantitative estimate of drug-likeness (QED) is 0.794. The van der Waals surface area contributed by atoms with E-state index in [0.717, 1.165) is 17.8 Å². The molecule has 0 unspecified atom stereocenters. The van der Waals surface area contributed by atoms with Gasteiger partial charge in [-0.05, 0) is 45.8 Å². The SMILES string of the molecule is ClCc1cccc(NCc2ccc(Br)s2)c1. The van der Waals surface area contributed by atoms with Crippen LogP contribution >= 0.6 is 38.9 Å². The van der Waals surface area contributed by atoms with E-state index in [2.05, 4.69) is 45.5 Å². The van der Waals surface area contributed by atoms with Gasteiger partial charge < -0.3 is 5.32 Å². The Bertz CT molecular complexity index is 470. The van der Waals surface area contributed by atoms with Gasteiger partial charge in [0.1, 0.15) is 0 Å². The third-order valence-corrected chi connectivity index (χ3v) is 4.11. The van der Waals surface area contributed by atoms with Crippen molar-refractivity contribution in [2.24, 2.45) is 0 Å². The smallest absolute Gasteiger partial charge is 0.0702 e. The Morgan fingerprint density at radius 3 is 2.81 bits per heavy atom. The standard InChI is InChI=1S/C12H11BrClNS/c13-12-5-4-11(16-12)8-15-10-3-1-2-9(6-10)7-14/h1-6,15H,7-8H2. The average molecular weight is 317 g/mol. The van der Waals surface area contributed by atoms with Gasteiger partial charge in [-0.25, -0.2) is 0 Å². The second kappa shape index (κ2) is 5.71. The first-order valence-corrected chi connectivity index (χ1v) is 7.05. The molecule has 0 spiro atoms. The van der Waals surface area contributed by atoms with Gasteiger partial charge in [0.15, 0.2) is 0 Å². The molecule has 1 nitrogen and oxygen atoms in total. The van der Waals surface area contributed by atoms with E-state index in [0.29, 0.717) is 5.88 Å². The van der Waals surface area contributed by atoms with Crippen LogP contribution < -0.4 is 5.32 Å². The number of hydrogen-bond acceptors (Lipinski definition) is 2. The van der Waals surface area contributed by atoms with E-state index >= 15 is 0 Å². The molecule has 16 heavy (non-hydrogen) atoms. The molecule has 0 fully saturated rings. The Labute approximate surface area is 113 Å². The molecule has 2 aromatic rings. The molecule has 1 N–H and O–H groups in total. The van der Waals surface area contributed by atoms with Crippen molar-refractivity contribution in [2.45, 2.75) is 12.4 Å². The van der Waals surface area contributed by atoms with Crippen molar-refractivity contribution in [3.05, 3.63) is 50.6 Å². The molecular formula is C12H11BrClNS. The molecule has 0 amide bonds. The Balaban J connectivity index is 1.99. The fourth-order valence-electron chi connectivity index (χ4n) is 1.40. The van der Waals surface area contributed by atoms with Gasteiger partial charge in [0.2, 0.25) is 0 Å². The Hall–Kier alpha value is -0.510. The summed E-state index contributed by atoms with van der Waals surface area (Å²) in [4.78, 5) is 1.31. The van der Waals surface area contributed by atoms with Gasteiger partial charge in [0.25, 0.3) is 0 Å². The highest BCUT2D eigenvalue weighted by Crippen LogP contribution is 2.23. The maximum Gasteiger partial charge on any atom is 0.0702 e. The van der Waals surface area contributed by atoms with Crippen LogP contribution in [0, 0.1) is 0 Å². The topological polar surface area (TPSA) is 12.0 Å². The van der Waals surface area contributed by atoms with Crippen molar-refractivity contribution in [3.63, 3.8) is 0 Å². The van der Waals surface area contributed by atoms with E-state index in [4.69, 9.17) is 11.6 Å². The van der Waals surface area contributed by atoms with Crippen molar-refractivity contribution < 1.29 is 0 Å². The first kappa shape index (κ1) is 12.0. The van der Waals surface area contributed by atoms with Crippen LogP contribution in [0.15, 0.2) is 40.2 Å². The number of rotatable bonds is 4. The summed E-state index contributed by atoms with van der Waals surface area (Å²) >= 11 is 11.0. The number of alkyl halides is 1. The normalized spacial score (nSPS) is 10.4. The number of hydrogen-bond donors (Lipinski definition) is 1. The van der Waals surface area contributed by atoms with E-state index < -0.39 is 0 Å². The zero-order chi connectivity index (χ0) is 11.4. The lowest BCUT2D eigenvalue weighted by Crippen LogP contribution is -1.97. The predicted octanol–water partition coefficient (Wildman–Crippen LogP) is 4.86. The van der Waals surface area contributed by atoms with Crippen molar-refractivity contribution in [1.82, 2.24) is 0 Å². The number of halogens is 2. The number of thiophene rings is 1. The van der Waals surface area contributed by atoms with Crippen molar-refractivity contribution in [1.29, 1.82) is 0 Å². The highest BCUT2D eigenvalue weighted by atomic mass is 79.9. The molecule has 0 aliphatic carbocycles. The van der Waals surface area contributed by atoms with Gasteiger partial charge in [-0.15, -0.1) is 22.9 Å². The van der Waals surface area contributed by atoms with Crippen LogP contribution in [0.2, 0.25) is 0 Å². The van der Waals surface area contributed by atoms with Gasteiger partial charge in [0, 0.05) is 23.0 Å². The van der Waals surface area contributed by atoms with Crippen molar-refractivity contribution >= 4 is 44.6 Å². The van der Waals surface area contributed by atoms with Gasteiger partial charge in [0.05, 0.1) is 3.79 Å². The van der Waals surface area contributed by atoms with E-state index in [1.165, 1.54) is 8.66 Å². The summed E-state index contributed by atoms with van der Waals surface area (Å²) in [6.07, 6.45) is 0. The molecular weight excluding hydrogens is 306 g/mol. The molecule has 1 heterocycles. The molecule has 0 aliphatic rings. The van der Waals surface area contributed by atoms with Crippen LogP contribution in [-0.4, -0.2) is 0 Å². The second-order valence-corrected chi connectivity index (χ2v) is 6.21. The molecule has 1 aromatic carbocycles.